The highest BCUT2D eigenvalue weighted by atomic mass is 16.5. The first-order valence-electron chi connectivity index (χ1n) is 7.80. The molecule has 1 N–H and O–H groups in total. The van der Waals surface area contributed by atoms with E-state index in [0.29, 0.717) is 0 Å². The molecule has 2 heteroatoms. The number of rotatable bonds is 6. The Balaban J connectivity index is 1.94. The Hall–Kier alpha value is -1.80. The third-order valence-corrected chi connectivity index (χ3v) is 4.15. The van der Waals surface area contributed by atoms with E-state index >= 15 is 0 Å². The first kappa shape index (κ1) is 14.2. The molecule has 0 amide bonds. The van der Waals surface area contributed by atoms with Crippen LogP contribution >= 0.6 is 0 Å². The maximum Gasteiger partial charge on any atom is 0.126 e. The van der Waals surface area contributed by atoms with Gasteiger partial charge in [0.15, 0.2) is 0 Å². The fraction of sp³-hybridized carbons (Fsp3) is 0.368. The maximum atomic E-state index is 5.47. The summed E-state index contributed by atoms with van der Waals surface area (Å²) < 4.78 is 5.47. The summed E-state index contributed by atoms with van der Waals surface area (Å²) in [7, 11) is 1.73. The minimum atomic E-state index is 0.757. The number of hydrogen-bond acceptors (Lipinski definition) is 2. The van der Waals surface area contributed by atoms with E-state index < -0.39 is 0 Å². The summed E-state index contributed by atoms with van der Waals surface area (Å²) in [5.41, 5.74) is 2.73. The quantitative estimate of drug-likeness (QED) is 0.847. The van der Waals surface area contributed by atoms with Gasteiger partial charge in [0, 0.05) is 18.0 Å². The average Bonchev–Trinajstić information content (AvgIpc) is 3.35. The van der Waals surface area contributed by atoms with Gasteiger partial charge >= 0.3 is 0 Å². The number of methoxy groups -OCH3 is 1. The summed E-state index contributed by atoms with van der Waals surface area (Å²) in [6, 6.07) is 13.4. The number of ether oxygens (including phenoxy) is 1. The molecule has 110 valence electrons. The summed E-state index contributed by atoms with van der Waals surface area (Å²) in [6.45, 7) is 3.23. The van der Waals surface area contributed by atoms with Gasteiger partial charge in [-0.05, 0) is 36.3 Å². The van der Waals surface area contributed by atoms with Crippen molar-refractivity contribution in [2.45, 2.75) is 32.2 Å². The van der Waals surface area contributed by atoms with Crippen LogP contribution in [0.3, 0.4) is 0 Å². The summed E-state index contributed by atoms with van der Waals surface area (Å²) in [6.07, 6.45) is 6.09. The molecule has 0 spiro atoms. The van der Waals surface area contributed by atoms with E-state index in [1.165, 1.54) is 34.8 Å². The monoisotopic (exact) mass is 281 g/mol. The number of hydrogen-bond donors (Lipinski definition) is 1. The Labute approximate surface area is 126 Å². The van der Waals surface area contributed by atoms with Crippen molar-refractivity contribution in [3.63, 3.8) is 0 Å². The minimum Gasteiger partial charge on any atom is -0.496 e. The summed E-state index contributed by atoms with van der Waals surface area (Å²) in [4.78, 5) is 0. The van der Waals surface area contributed by atoms with Crippen LogP contribution in [-0.2, 0) is 0 Å². The van der Waals surface area contributed by atoms with Crippen LogP contribution in [0.15, 0.2) is 42.0 Å². The summed E-state index contributed by atoms with van der Waals surface area (Å²) >= 11 is 0. The van der Waals surface area contributed by atoms with E-state index in [-0.39, 0.29) is 0 Å². The molecule has 1 aliphatic carbocycles. The SMILES string of the molecule is CC/C(=C/c1ccc(OC)c2ccccc12)CNC1CC1. The lowest BCUT2D eigenvalue weighted by Gasteiger charge is -2.10. The molecular formula is C19H23NO. The normalized spacial score (nSPS) is 15.4. The molecule has 0 bridgehead atoms. The topological polar surface area (TPSA) is 21.3 Å². The lowest BCUT2D eigenvalue weighted by Crippen LogP contribution is -2.18. The molecule has 0 radical (unpaired) electrons. The van der Waals surface area contributed by atoms with Crippen LogP contribution in [0.5, 0.6) is 5.75 Å². The highest BCUT2D eigenvalue weighted by Gasteiger charge is 2.20. The molecule has 2 aromatic carbocycles. The molecule has 2 nitrogen and oxygen atoms in total. The first-order chi connectivity index (χ1) is 10.3. The second-order valence-electron chi connectivity index (χ2n) is 5.71. The molecule has 1 aliphatic rings. The van der Waals surface area contributed by atoms with Crippen LogP contribution in [0.1, 0.15) is 31.7 Å². The van der Waals surface area contributed by atoms with Gasteiger partial charge in [-0.15, -0.1) is 0 Å². The van der Waals surface area contributed by atoms with E-state index in [4.69, 9.17) is 4.74 Å². The van der Waals surface area contributed by atoms with Gasteiger partial charge in [0.05, 0.1) is 7.11 Å². The molecule has 2 aromatic rings. The van der Waals surface area contributed by atoms with Crippen LogP contribution in [0, 0.1) is 0 Å². The lowest BCUT2D eigenvalue weighted by molar-refractivity contribution is 0.420. The van der Waals surface area contributed by atoms with Gasteiger partial charge in [-0.2, -0.15) is 0 Å². The van der Waals surface area contributed by atoms with Gasteiger partial charge in [-0.1, -0.05) is 48.9 Å². The van der Waals surface area contributed by atoms with Crippen LogP contribution in [-0.4, -0.2) is 19.7 Å². The molecule has 0 heterocycles. The summed E-state index contributed by atoms with van der Waals surface area (Å²) in [5.74, 6) is 0.942. The van der Waals surface area contributed by atoms with Gasteiger partial charge in [0.25, 0.3) is 0 Å². The van der Waals surface area contributed by atoms with Crippen LogP contribution < -0.4 is 10.1 Å². The van der Waals surface area contributed by atoms with Crippen molar-refractivity contribution in [3.05, 3.63) is 47.5 Å². The number of nitrogens with one attached hydrogen (secondary N) is 1. The highest BCUT2D eigenvalue weighted by molar-refractivity contribution is 5.95. The zero-order chi connectivity index (χ0) is 14.7. The zero-order valence-corrected chi connectivity index (χ0v) is 12.9. The molecule has 0 aliphatic heterocycles. The van der Waals surface area contributed by atoms with Crippen molar-refractivity contribution in [1.29, 1.82) is 0 Å². The van der Waals surface area contributed by atoms with E-state index in [2.05, 4.69) is 54.7 Å². The van der Waals surface area contributed by atoms with Crippen LogP contribution in [0.25, 0.3) is 16.8 Å². The van der Waals surface area contributed by atoms with Crippen molar-refractivity contribution in [2.24, 2.45) is 0 Å². The first-order valence-corrected chi connectivity index (χ1v) is 7.80. The molecule has 1 fully saturated rings. The molecule has 3 rings (SSSR count). The molecule has 21 heavy (non-hydrogen) atoms. The predicted molar refractivity (Wildman–Crippen MR) is 89.8 cm³/mol. The third-order valence-electron chi connectivity index (χ3n) is 4.15. The minimum absolute atomic E-state index is 0.757. The Morgan fingerprint density at radius 3 is 2.62 bits per heavy atom. The van der Waals surface area contributed by atoms with E-state index in [9.17, 15) is 0 Å². The summed E-state index contributed by atoms with van der Waals surface area (Å²) in [5, 5.41) is 6.04. The molecule has 0 saturated heterocycles. The molecule has 0 unspecified atom stereocenters. The molecule has 0 aromatic heterocycles. The Bertz CT molecular complexity index is 656. The van der Waals surface area contributed by atoms with Crippen molar-refractivity contribution >= 4 is 16.8 Å². The van der Waals surface area contributed by atoms with Crippen LogP contribution in [0.2, 0.25) is 0 Å². The van der Waals surface area contributed by atoms with Gasteiger partial charge in [0.2, 0.25) is 0 Å². The molecular weight excluding hydrogens is 258 g/mol. The zero-order valence-electron chi connectivity index (χ0n) is 12.9. The molecule has 0 atom stereocenters. The standard InChI is InChI=1S/C19H23NO/c1-3-14(13-20-16-9-10-16)12-15-8-11-19(21-2)18-7-5-4-6-17(15)18/h4-8,11-12,16,20H,3,9-10,13H2,1-2H3/b14-12-. The van der Waals surface area contributed by atoms with E-state index in [1.54, 1.807) is 7.11 Å². The Kier molecular flexibility index (Phi) is 4.26. The smallest absolute Gasteiger partial charge is 0.126 e. The van der Waals surface area contributed by atoms with E-state index in [0.717, 1.165) is 24.8 Å². The third kappa shape index (κ3) is 3.27. The van der Waals surface area contributed by atoms with E-state index in [1.807, 2.05) is 0 Å². The van der Waals surface area contributed by atoms with Crippen molar-refractivity contribution < 1.29 is 4.74 Å². The second kappa shape index (κ2) is 6.31. The van der Waals surface area contributed by atoms with Crippen molar-refractivity contribution in [3.8, 4) is 5.75 Å². The van der Waals surface area contributed by atoms with Gasteiger partial charge in [0.1, 0.15) is 5.75 Å². The fourth-order valence-corrected chi connectivity index (χ4v) is 2.66. The number of fused-ring (bicyclic) bond motifs is 1. The van der Waals surface area contributed by atoms with Gasteiger partial charge in [-0.25, -0.2) is 0 Å². The van der Waals surface area contributed by atoms with Gasteiger partial charge < -0.3 is 10.1 Å². The lowest BCUT2D eigenvalue weighted by atomic mass is 10.0. The predicted octanol–water partition coefficient (Wildman–Crippen LogP) is 4.39. The highest BCUT2D eigenvalue weighted by Crippen LogP contribution is 2.30. The van der Waals surface area contributed by atoms with Crippen molar-refractivity contribution in [1.82, 2.24) is 5.32 Å². The van der Waals surface area contributed by atoms with Gasteiger partial charge in [-0.3, -0.25) is 0 Å². The molecule has 1 saturated carbocycles. The van der Waals surface area contributed by atoms with Crippen molar-refractivity contribution in [2.75, 3.05) is 13.7 Å². The fourth-order valence-electron chi connectivity index (χ4n) is 2.66. The van der Waals surface area contributed by atoms with Crippen LogP contribution in [0.4, 0.5) is 0 Å². The largest absolute Gasteiger partial charge is 0.496 e. The Morgan fingerprint density at radius 2 is 1.95 bits per heavy atom. The second-order valence-corrected chi connectivity index (χ2v) is 5.71. The Morgan fingerprint density at radius 1 is 1.19 bits per heavy atom. The average molecular weight is 281 g/mol. The maximum absolute atomic E-state index is 5.47. The number of benzene rings is 2.